The van der Waals surface area contributed by atoms with E-state index in [4.69, 9.17) is 4.74 Å². The molecule has 1 unspecified atom stereocenters. The second-order valence-electron chi connectivity index (χ2n) is 7.13. The highest BCUT2D eigenvalue weighted by Gasteiger charge is 2.22. The minimum Gasteiger partial charge on any atom is -0.494 e. The normalized spacial score (nSPS) is 21.5. The smallest absolute Gasteiger partial charge is 0.222 e. The van der Waals surface area contributed by atoms with Gasteiger partial charge in [0.15, 0.2) is 0 Å². The molecule has 0 aliphatic carbocycles. The lowest BCUT2D eigenvalue weighted by molar-refractivity contribution is -0.133. The zero-order valence-corrected chi connectivity index (χ0v) is 15.4. The summed E-state index contributed by atoms with van der Waals surface area (Å²) in [4.78, 5) is 16.9. The Morgan fingerprint density at radius 3 is 2.60 bits per heavy atom. The van der Waals surface area contributed by atoms with Gasteiger partial charge in [-0.2, -0.15) is 0 Å². The van der Waals surface area contributed by atoms with Crippen LogP contribution < -0.4 is 10.1 Å². The Morgan fingerprint density at radius 2 is 1.96 bits per heavy atom. The van der Waals surface area contributed by atoms with Gasteiger partial charge in [0.25, 0.3) is 0 Å². The van der Waals surface area contributed by atoms with Crippen molar-refractivity contribution in [3.05, 3.63) is 29.8 Å². The summed E-state index contributed by atoms with van der Waals surface area (Å²) in [6, 6.07) is 8.35. The van der Waals surface area contributed by atoms with Gasteiger partial charge in [0, 0.05) is 39.1 Å². The van der Waals surface area contributed by atoms with Gasteiger partial charge in [-0.3, -0.25) is 9.69 Å². The molecule has 3 rings (SSSR count). The van der Waals surface area contributed by atoms with E-state index in [1.165, 1.54) is 12.0 Å². The zero-order chi connectivity index (χ0) is 17.5. The van der Waals surface area contributed by atoms with Gasteiger partial charge < -0.3 is 15.0 Å². The summed E-state index contributed by atoms with van der Waals surface area (Å²) in [5.74, 6) is 1.97. The predicted molar refractivity (Wildman–Crippen MR) is 99.7 cm³/mol. The largest absolute Gasteiger partial charge is 0.494 e. The molecule has 1 aromatic carbocycles. The fourth-order valence-electron chi connectivity index (χ4n) is 3.72. The molecule has 0 radical (unpaired) electrons. The van der Waals surface area contributed by atoms with E-state index in [2.05, 4.69) is 27.2 Å². The van der Waals surface area contributed by atoms with Crippen LogP contribution in [0.5, 0.6) is 5.75 Å². The molecule has 25 heavy (non-hydrogen) atoms. The summed E-state index contributed by atoms with van der Waals surface area (Å²) < 4.78 is 5.49. The van der Waals surface area contributed by atoms with Crippen molar-refractivity contribution in [1.29, 1.82) is 0 Å². The fourth-order valence-corrected chi connectivity index (χ4v) is 3.72. The highest BCUT2D eigenvalue weighted by Crippen LogP contribution is 2.17. The van der Waals surface area contributed by atoms with E-state index in [1.54, 1.807) is 0 Å². The van der Waals surface area contributed by atoms with Crippen LogP contribution in [0.2, 0.25) is 0 Å². The first-order chi connectivity index (χ1) is 12.2. The topological polar surface area (TPSA) is 44.8 Å². The third-order valence-electron chi connectivity index (χ3n) is 5.29. The lowest BCUT2D eigenvalue weighted by Crippen LogP contribution is -2.48. The van der Waals surface area contributed by atoms with E-state index in [1.807, 2.05) is 19.1 Å². The van der Waals surface area contributed by atoms with E-state index >= 15 is 0 Å². The summed E-state index contributed by atoms with van der Waals surface area (Å²) in [6.07, 6.45) is 2.98. The van der Waals surface area contributed by atoms with Crippen LogP contribution in [-0.4, -0.2) is 61.6 Å². The molecule has 2 saturated heterocycles. The number of carbonyl (C=O) groups is 1. The van der Waals surface area contributed by atoms with Crippen LogP contribution in [0.1, 0.15) is 31.7 Å². The van der Waals surface area contributed by atoms with Crippen LogP contribution in [-0.2, 0) is 11.3 Å². The first-order valence-electron chi connectivity index (χ1n) is 9.67. The molecule has 1 N–H and O–H groups in total. The highest BCUT2D eigenvalue weighted by atomic mass is 16.5. The van der Waals surface area contributed by atoms with Gasteiger partial charge in [-0.15, -0.1) is 0 Å². The third kappa shape index (κ3) is 5.44. The van der Waals surface area contributed by atoms with Crippen LogP contribution >= 0.6 is 0 Å². The van der Waals surface area contributed by atoms with Gasteiger partial charge in [0.1, 0.15) is 5.75 Å². The number of amides is 1. The second kappa shape index (κ2) is 9.20. The lowest BCUT2D eigenvalue weighted by atomic mass is 10.0. The molecular formula is C20H31N3O2. The SMILES string of the molecule is CCOc1ccc(CN2CCN(C(=O)CCC3CCNC3)CC2)cc1. The molecule has 138 valence electrons. The number of carbonyl (C=O) groups excluding carboxylic acids is 1. The molecule has 0 spiro atoms. The van der Waals surface area contributed by atoms with Crippen LogP contribution in [0.15, 0.2) is 24.3 Å². The van der Waals surface area contributed by atoms with Crippen LogP contribution in [0.25, 0.3) is 0 Å². The molecule has 1 atom stereocenters. The van der Waals surface area contributed by atoms with Gasteiger partial charge >= 0.3 is 0 Å². The summed E-state index contributed by atoms with van der Waals surface area (Å²) in [6.45, 7) is 9.49. The van der Waals surface area contributed by atoms with Crippen molar-refractivity contribution in [2.24, 2.45) is 5.92 Å². The van der Waals surface area contributed by atoms with Crippen molar-refractivity contribution in [2.45, 2.75) is 32.7 Å². The summed E-state index contributed by atoms with van der Waals surface area (Å²) in [7, 11) is 0. The van der Waals surface area contributed by atoms with Gasteiger partial charge in [-0.25, -0.2) is 0 Å². The molecule has 2 heterocycles. The zero-order valence-electron chi connectivity index (χ0n) is 15.4. The maximum absolute atomic E-state index is 12.4. The molecule has 0 saturated carbocycles. The van der Waals surface area contributed by atoms with Crippen molar-refractivity contribution in [3.8, 4) is 5.75 Å². The van der Waals surface area contributed by atoms with Crippen LogP contribution in [0.4, 0.5) is 0 Å². The van der Waals surface area contributed by atoms with E-state index in [0.29, 0.717) is 24.9 Å². The van der Waals surface area contributed by atoms with Crippen molar-refractivity contribution >= 4 is 5.91 Å². The third-order valence-corrected chi connectivity index (χ3v) is 5.29. The van der Waals surface area contributed by atoms with Gasteiger partial charge in [0.2, 0.25) is 5.91 Å². The second-order valence-corrected chi connectivity index (χ2v) is 7.13. The van der Waals surface area contributed by atoms with E-state index in [-0.39, 0.29) is 0 Å². The van der Waals surface area contributed by atoms with Crippen molar-refractivity contribution in [1.82, 2.24) is 15.1 Å². The predicted octanol–water partition coefficient (Wildman–Crippen LogP) is 2.12. The molecule has 5 nitrogen and oxygen atoms in total. The minimum absolute atomic E-state index is 0.340. The monoisotopic (exact) mass is 345 g/mol. The Labute approximate surface area is 151 Å². The Balaban J connectivity index is 1.38. The fraction of sp³-hybridized carbons (Fsp3) is 0.650. The number of hydrogen-bond donors (Lipinski definition) is 1. The Kier molecular flexibility index (Phi) is 6.70. The Hall–Kier alpha value is -1.59. The number of hydrogen-bond acceptors (Lipinski definition) is 4. The number of nitrogens with zero attached hydrogens (tertiary/aromatic N) is 2. The molecule has 0 bridgehead atoms. The van der Waals surface area contributed by atoms with E-state index < -0.39 is 0 Å². The number of benzene rings is 1. The van der Waals surface area contributed by atoms with Crippen molar-refractivity contribution in [3.63, 3.8) is 0 Å². The average Bonchev–Trinajstić information content (AvgIpc) is 3.16. The number of rotatable bonds is 7. The van der Waals surface area contributed by atoms with E-state index in [0.717, 1.165) is 58.0 Å². The van der Waals surface area contributed by atoms with Gasteiger partial charge in [-0.05, 0) is 56.5 Å². The molecular weight excluding hydrogens is 314 g/mol. The van der Waals surface area contributed by atoms with Gasteiger partial charge in [-0.1, -0.05) is 12.1 Å². The number of ether oxygens (including phenoxy) is 1. The first kappa shape index (κ1) is 18.2. The molecule has 1 aromatic rings. The standard InChI is InChI=1S/C20H31N3O2/c1-2-25-19-6-3-18(4-7-19)16-22-11-13-23(14-12-22)20(24)8-5-17-9-10-21-15-17/h3-4,6-7,17,21H,2,5,8-16H2,1H3. The number of piperazine rings is 1. The summed E-state index contributed by atoms with van der Waals surface area (Å²) in [5, 5.41) is 3.38. The van der Waals surface area contributed by atoms with Crippen molar-refractivity contribution in [2.75, 3.05) is 45.9 Å². The first-order valence-corrected chi connectivity index (χ1v) is 9.67. The molecule has 1 amide bonds. The molecule has 2 fully saturated rings. The van der Waals surface area contributed by atoms with Crippen LogP contribution in [0, 0.1) is 5.92 Å². The van der Waals surface area contributed by atoms with Crippen LogP contribution in [0.3, 0.4) is 0 Å². The highest BCUT2D eigenvalue weighted by molar-refractivity contribution is 5.76. The number of nitrogens with one attached hydrogen (secondary N) is 1. The van der Waals surface area contributed by atoms with E-state index in [9.17, 15) is 4.79 Å². The average molecular weight is 345 g/mol. The lowest BCUT2D eigenvalue weighted by Gasteiger charge is -2.35. The van der Waals surface area contributed by atoms with Gasteiger partial charge in [0.05, 0.1) is 6.61 Å². The molecule has 2 aliphatic rings. The quantitative estimate of drug-likeness (QED) is 0.822. The maximum atomic E-state index is 12.4. The summed E-state index contributed by atoms with van der Waals surface area (Å²) >= 11 is 0. The van der Waals surface area contributed by atoms with Crippen molar-refractivity contribution < 1.29 is 9.53 Å². The molecule has 2 aliphatic heterocycles. The molecule has 0 aromatic heterocycles. The summed E-state index contributed by atoms with van der Waals surface area (Å²) in [5.41, 5.74) is 1.30. The Bertz CT molecular complexity index is 532. The molecule has 5 heteroatoms. The minimum atomic E-state index is 0.340. The Morgan fingerprint density at radius 1 is 1.20 bits per heavy atom. The maximum Gasteiger partial charge on any atom is 0.222 e.